The van der Waals surface area contributed by atoms with E-state index in [4.69, 9.17) is 0 Å². The van der Waals surface area contributed by atoms with Gasteiger partial charge in [0.25, 0.3) is 6.29 Å². The van der Waals surface area contributed by atoms with Crippen LogP contribution in [0.25, 0.3) is 0 Å². The Hall–Kier alpha value is -0.770. The summed E-state index contributed by atoms with van der Waals surface area (Å²) in [4.78, 5) is 12.3. The van der Waals surface area contributed by atoms with Crippen LogP contribution in [0.15, 0.2) is 16.6 Å². The molecule has 0 amide bonds. The second kappa shape index (κ2) is 2.52. The minimum absolute atomic E-state index is 0.309. The number of nitrogens with one attached hydrogen (secondary N) is 1. The molecule has 8 heavy (non-hydrogen) atoms. The van der Waals surface area contributed by atoms with E-state index in [9.17, 15) is 4.79 Å². The summed E-state index contributed by atoms with van der Waals surface area (Å²) < 4.78 is 0. The lowest BCUT2D eigenvalue weighted by molar-refractivity contribution is 0.567. The van der Waals surface area contributed by atoms with Crippen LogP contribution in [-0.4, -0.2) is 12.0 Å². The largest absolute Gasteiger partial charge is 0.283 e. The first-order valence-corrected chi connectivity index (χ1v) is 2.84. The maximum atomic E-state index is 9.80. The van der Waals surface area contributed by atoms with Gasteiger partial charge in [0.2, 0.25) is 0 Å². The van der Waals surface area contributed by atoms with E-state index in [1.165, 1.54) is 11.9 Å². The van der Waals surface area contributed by atoms with E-state index in [-0.39, 0.29) is 0 Å². The molecular formula is C4H3N2OS. The number of hydrogen-bond donors (Lipinski definition) is 1. The second-order valence-electron chi connectivity index (χ2n) is 1.11. The predicted molar refractivity (Wildman–Crippen MR) is 33.0 cm³/mol. The minimum Gasteiger partial charge on any atom is -0.283 e. The van der Waals surface area contributed by atoms with Crippen LogP contribution >= 0.6 is 11.9 Å². The molecule has 1 heterocycles. The molecule has 0 bridgehead atoms. The van der Waals surface area contributed by atoms with Crippen molar-refractivity contribution < 1.29 is 4.79 Å². The summed E-state index contributed by atoms with van der Waals surface area (Å²) in [7, 11) is 0. The summed E-state index contributed by atoms with van der Waals surface area (Å²) in [6.45, 7) is 0. The van der Waals surface area contributed by atoms with Crippen molar-refractivity contribution in [1.29, 1.82) is 0 Å². The summed E-state index contributed by atoms with van der Waals surface area (Å²) in [6, 6.07) is 0. The van der Waals surface area contributed by atoms with Crippen LogP contribution in [0.3, 0.4) is 0 Å². The van der Waals surface area contributed by atoms with Crippen molar-refractivity contribution in [2.24, 2.45) is 5.10 Å². The number of hydrazone groups is 1. The third-order valence-corrected chi connectivity index (χ3v) is 1.09. The maximum absolute atomic E-state index is 9.80. The molecule has 0 aromatic carbocycles. The van der Waals surface area contributed by atoms with Gasteiger partial charge in [0.15, 0.2) is 0 Å². The Morgan fingerprint density at radius 1 is 1.88 bits per heavy atom. The van der Waals surface area contributed by atoms with Crippen LogP contribution in [0.5, 0.6) is 0 Å². The zero-order valence-corrected chi connectivity index (χ0v) is 4.73. The molecule has 0 aromatic rings. The number of rotatable bonds is 1. The van der Waals surface area contributed by atoms with Crippen LogP contribution in [0.1, 0.15) is 0 Å². The first-order chi connectivity index (χ1) is 3.93. The fourth-order valence-electron chi connectivity index (χ4n) is 0.299. The Labute approximate surface area is 51.0 Å². The molecule has 1 rings (SSSR count). The van der Waals surface area contributed by atoms with E-state index >= 15 is 0 Å². The van der Waals surface area contributed by atoms with Gasteiger partial charge in [-0.1, -0.05) is 0 Å². The van der Waals surface area contributed by atoms with Gasteiger partial charge in [-0.05, 0) is 23.4 Å². The topological polar surface area (TPSA) is 41.5 Å². The molecule has 1 aliphatic heterocycles. The fraction of sp³-hybridized carbons (Fsp3) is 0. The molecule has 0 spiro atoms. The lowest BCUT2D eigenvalue weighted by Gasteiger charge is -1.97. The SMILES string of the molecule is O=[C]C1=NNSC=C1. The monoisotopic (exact) mass is 127 g/mol. The van der Waals surface area contributed by atoms with Crippen LogP contribution < -0.4 is 4.83 Å². The molecule has 4 heteroatoms. The third kappa shape index (κ3) is 1.10. The van der Waals surface area contributed by atoms with Crippen molar-refractivity contribution in [2.45, 2.75) is 0 Å². The molecule has 0 saturated heterocycles. The molecule has 3 nitrogen and oxygen atoms in total. The summed E-state index contributed by atoms with van der Waals surface area (Å²) in [5, 5.41) is 5.30. The molecule has 1 aliphatic rings. The normalized spacial score (nSPS) is 16.8. The average molecular weight is 127 g/mol. The minimum atomic E-state index is 0.309. The molecule has 0 unspecified atom stereocenters. The molecular weight excluding hydrogens is 124 g/mol. The van der Waals surface area contributed by atoms with E-state index in [1.807, 2.05) is 0 Å². The molecule has 0 saturated carbocycles. The lowest BCUT2D eigenvalue weighted by Crippen LogP contribution is -2.04. The zero-order valence-electron chi connectivity index (χ0n) is 3.92. The first kappa shape index (κ1) is 5.37. The smallest absolute Gasteiger partial charge is 0.255 e. The Balaban J connectivity index is 2.64. The standard InChI is InChI=1S/C4H3N2OS/c7-3-4-1-2-8-6-5-4/h1-2,6H. The van der Waals surface area contributed by atoms with Crippen LogP contribution in [-0.2, 0) is 4.79 Å². The molecule has 1 N–H and O–H groups in total. The second-order valence-corrected chi connectivity index (χ2v) is 1.80. The Kier molecular flexibility index (Phi) is 1.69. The van der Waals surface area contributed by atoms with Gasteiger partial charge in [-0.2, -0.15) is 5.10 Å². The van der Waals surface area contributed by atoms with E-state index in [2.05, 4.69) is 9.93 Å². The Bertz CT molecular complexity index is 152. The number of allylic oxidation sites excluding steroid dienone is 1. The fourth-order valence-corrected chi connectivity index (χ4v) is 0.707. The number of hydrogen-bond acceptors (Lipinski definition) is 4. The average Bonchev–Trinajstić information content (AvgIpc) is 1.90. The van der Waals surface area contributed by atoms with Gasteiger partial charge in [0.1, 0.15) is 5.71 Å². The molecule has 0 aliphatic carbocycles. The van der Waals surface area contributed by atoms with Gasteiger partial charge in [0.05, 0.1) is 0 Å². The van der Waals surface area contributed by atoms with Crippen LogP contribution in [0.2, 0.25) is 0 Å². The lowest BCUT2D eigenvalue weighted by atomic mass is 10.4. The molecule has 41 valence electrons. The van der Waals surface area contributed by atoms with Crippen molar-refractivity contribution in [2.75, 3.05) is 0 Å². The van der Waals surface area contributed by atoms with Gasteiger partial charge >= 0.3 is 0 Å². The van der Waals surface area contributed by atoms with Gasteiger partial charge < -0.3 is 0 Å². The van der Waals surface area contributed by atoms with Gasteiger partial charge in [-0.25, -0.2) is 4.83 Å². The highest BCUT2D eigenvalue weighted by Gasteiger charge is 1.94. The van der Waals surface area contributed by atoms with Crippen molar-refractivity contribution in [3.63, 3.8) is 0 Å². The highest BCUT2D eigenvalue weighted by Crippen LogP contribution is 1.99. The number of nitrogens with zero attached hydrogens (tertiary/aromatic N) is 1. The zero-order chi connectivity index (χ0) is 5.82. The number of carbonyl (C=O) groups excluding carboxylic acids is 1. The molecule has 0 atom stereocenters. The molecule has 0 aromatic heterocycles. The van der Waals surface area contributed by atoms with Crippen LogP contribution in [0, 0.1) is 0 Å². The Morgan fingerprint density at radius 3 is 3.12 bits per heavy atom. The van der Waals surface area contributed by atoms with E-state index in [0.29, 0.717) is 5.71 Å². The van der Waals surface area contributed by atoms with Gasteiger partial charge in [-0.15, -0.1) is 0 Å². The highest BCUT2D eigenvalue weighted by atomic mass is 32.2. The predicted octanol–water partition coefficient (Wildman–Crippen LogP) is 0.217. The van der Waals surface area contributed by atoms with Crippen molar-refractivity contribution in [3.8, 4) is 0 Å². The van der Waals surface area contributed by atoms with Gasteiger partial charge in [-0.3, -0.25) is 4.79 Å². The summed E-state index contributed by atoms with van der Waals surface area (Å²) in [5.41, 5.74) is 0.309. The van der Waals surface area contributed by atoms with E-state index in [0.717, 1.165) is 0 Å². The van der Waals surface area contributed by atoms with E-state index in [1.54, 1.807) is 17.8 Å². The van der Waals surface area contributed by atoms with Crippen molar-refractivity contribution >= 4 is 23.9 Å². The van der Waals surface area contributed by atoms with Gasteiger partial charge in [0, 0.05) is 0 Å². The van der Waals surface area contributed by atoms with Crippen LogP contribution in [0.4, 0.5) is 0 Å². The highest BCUT2D eigenvalue weighted by molar-refractivity contribution is 8.00. The quantitative estimate of drug-likeness (QED) is 0.512. The third-order valence-electron chi connectivity index (χ3n) is 0.617. The van der Waals surface area contributed by atoms with E-state index < -0.39 is 0 Å². The first-order valence-electron chi connectivity index (χ1n) is 1.96. The Morgan fingerprint density at radius 2 is 2.75 bits per heavy atom. The summed E-state index contributed by atoms with van der Waals surface area (Å²) in [6.07, 6.45) is 3.23. The van der Waals surface area contributed by atoms with Crippen molar-refractivity contribution in [3.05, 3.63) is 11.5 Å². The maximum Gasteiger partial charge on any atom is 0.255 e. The van der Waals surface area contributed by atoms with Crippen molar-refractivity contribution in [1.82, 2.24) is 4.83 Å². The molecule has 1 radical (unpaired) electrons. The summed E-state index contributed by atoms with van der Waals surface area (Å²) in [5.74, 6) is 0. The summed E-state index contributed by atoms with van der Waals surface area (Å²) >= 11 is 1.32. The molecule has 0 fully saturated rings.